The molecule has 1 amide bonds. The van der Waals surface area contributed by atoms with Gasteiger partial charge in [-0.2, -0.15) is 13.2 Å². The Morgan fingerprint density at radius 1 is 1.12 bits per heavy atom. The summed E-state index contributed by atoms with van der Waals surface area (Å²) in [5, 5.41) is 2.02. The largest absolute Gasteiger partial charge is 0.419 e. The molecule has 0 unspecified atom stereocenters. The van der Waals surface area contributed by atoms with Crippen molar-refractivity contribution >= 4 is 33.2 Å². The van der Waals surface area contributed by atoms with E-state index in [0.29, 0.717) is 12.1 Å². The molecule has 0 atom stereocenters. The van der Waals surface area contributed by atoms with Crippen LogP contribution in [0.1, 0.15) is 15.9 Å². The molecular weight excluding hydrogens is 400 g/mol. The maximum Gasteiger partial charge on any atom is 0.419 e. The lowest BCUT2D eigenvalue weighted by atomic mass is 10.1. The van der Waals surface area contributed by atoms with Crippen LogP contribution >= 0.6 is 11.6 Å². The van der Waals surface area contributed by atoms with Crippen LogP contribution in [0.4, 0.5) is 23.2 Å². The first kappa shape index (κ1) is 20.1. The quantitative estimate of drug-likeness (QED) is 0.755. The standard InChI is InChI=1S/C15H11ClF4N2O3S/c1-21-26(24,25)9-3-4-12(16)10(7-9)14(23)22-8-2-5-13(17)11(6-8)15(18,19)20/h2-7,21H,1H3,(H,22,23). The highest BCUT2D eigenvalue weighted by atomic mass is 35.5. The van der Waals surface area contributed by atoms with E-state index in [2.05, 4.69) is 10.0 Å². The first-order valence-electron chi connectivity index (χ1n) is 6.87. The lowest BCUT2D eigenvalue weighted by molar-refractivity contribution is -0.139. The van der Waals surface area contributed by atoms with Crippen molar-refractivity contribution in [3.8, 4) is 0 Å². The minimum Gasteiger partial charge on any atom is -0.322 e. The van der Waals surface area contributed by atoms with Crippen molar-refractivity contribution in [2.24, 2.45) is 0 Å². The van der Waals surface area contributed by atoms with E-state index in [9.17, 15) is 30.8 Å². The Balaban J connectivity index is 2.38. The highest BCUT2D eigenvalue weighted by Crippen LogP contribution is 2.33. The molecule has 140 valence electrons. The lowest BCUT2D eigenvalue weighted by Crippen LogP contribution is -2.20. The van der Waals surface area contributed by atoms with Gasteiger partial charge in [-0.15, -0.1) is 0 Å². The molecule has 5 nitrogen and oxygen atoms in total. The van der Waals surface area contributed by atoms with Gasteiger partial charge in [0, 0.05) is 5.69 Å². The molecule has 0 spiro atoms. The van der Waals surface area contributed by atoms with Gasteiger partial charge in [0.1, 0.15) is 5.82 Å². The maximum absolute atomic E-state index is 13.3. The minimum absolute atomic E-state index is 0.115. The van der Waals surface area contributed by atoms with Crippen LogP contribution in [0.2, 0.25) is 5.02 Å². The van der Waals surface area contributed by atoms with E-state index < -0.39 is 33.5 Å². The molecule has 0 saturated heterocycles. The fraction of sp³-hybridized carbons (Fsp3) is 0.133. The van der Waals surface area contributed by atoms with Crippen LogP contribution < -0.4 is 10.0 Å². The molecule has 26 heavy (non-hydrogen) atoms. The Labute approximate surface area is 151 Å². The predicted molar refractivity (Wildman–Crippen MR) is 87.1 cm³/mol. The summed E-state index contributed by atoms with van der Waals surface area (Å²) in [6.45, 7) is 0. The number of alkyl halides is 3. The molecule has 0 bridgehead atoms. The fourth-order valence-corrected chi connectivity index (χ4v) is 2.94. The number of benzene rings is 2. The van der Waals surface area contributed by atoms with Gasteiger partial charge in [-0.05, 0) is 43.4 Å². The second kappa shape index (κ2) is 7.22. The van der Waals surface area contributed by atoms with Gasteiger partial charge in [-0.1, -0.05) is 11.6 Å². The first-order valence-corrected chi connectivity index (χ1v) is 8.73. The number of hydrogen-bond acceptors (Lipinski definition) is 3. The summed E-state index contributed by atoms with van der Waals surface area (Å²) < 4.78 is 77.1. The third-order valence-corrected chi connectivity index (χ3v) is 5.03. The maximum atomic E-state index is 13.3. The lowest BCUT2D eigenvalue weighted by Gasteiger charge is -2.12. The zero-order chi connectivity index (χ0) is 19.7. The Hall–Kier alpha value is -2.17. The normalized spacial score (nSPS) is 12.1. The number of carbonyl (C=O) groups is 1. The average molecular weight is 411 g/mol. The van der Waals surface area contributed by atoms with Crippen LogP contribution in [0.25, 0.3) is 0 Å². The van der Waals surface area contributed by atoms with Crippen molar-refractivity contribution in [2.45, 2.75) is 11.1 Å². The molecule has 0 heterocycles. The van der Waals surface area contributed by atoms with Gasteiger partial charge in [0.25, 0.3) is 5.91 Å². The van der Waals surface area contributed by atoms with Gasteiger partial charge >= 0.3 is 6.18 Å². The zero-order valence-electron chi connectivity index (χ0n) is 13.0. The van der Waals surface area contributed by atoms with E-state index in [-0.39, 0.29) is 21.2 Å². The van der Waals surface area contributed by atoms with E-state index in [1.807, 2.05) is 0 Å². The van der Waals surface area contributed by atoms with E-state index in [4.69, 9.17) is 11.6 Å². The van der Waals surface area contributed by atoms with E-state index in [0.717, 1.165) is 24.3 Å². The van der Waals surface area contributed by atoms with Gasteiger partial charge in [-0.3, -0.25) is 4.79 Å². The van der Waals surface area contributed by atoms with Crippen LogP contribution in [0.3, 0.4) is 0 Å². The molecule has 0 saturated carbocycles. The molecular formula is C15H11ClF4N2O3S. The number of halogens is 5. The third kappa shape index (κ3) is 4.32. The highest BCUT2D eigenvalue weighted by Gasteiger charge is 2.34. The second-order valence-electron chi connectivity index (χ2n) is 5.00. The molecule has 2 rings (SSSR count). The number of carbonyl (C=O) groups excluding carboxylic acids is 1. The summed E-state index contributed by atoms with van der Waals surface area (Å²) in [6, 6.07) is 5.20. The van der Waals surface area contributed by atoms with E-state index in [1.165, 1.54) is 7.05 Å². The van der Waals surface area contributed by atoms with E-state index in [1.54, 1.807) is 0 Å². The predicted octanol–water partition coefficient (Wildman–Crippen LogP) is 3.66. The Kier molecular flexibility index (Phi) is 5.59. The Morgan fingerprint density at radius 2 is 1.77 bits per heavy atom. The van der Waals surface area contributed by atoms with Crippen molar-refractivity contribution in [3.05, 3.63) is 58.4 Å². The third-order valence-electron chi connectivity index (χ3n) is 3.29. The highest BCUT2D eigenvalue weighted by molar-refractivity contribution is 7.89. The molecule has 0 aliphatic heterocycles. The molecule has 2 aromatic rings. The number of sulfonamides is 1. The SMILES string of the molecule is CNS(=O)(=O)c1ccc(Cl)c(C(=O)Nc2ccc(F)c(C(F)(F)F)c2)c1. The Bertz CT molecular complexity index is 962. The van der Waals surface area contributed by atoms with Crippen LogP contribution in [-0.2, 0) is 16.2 Å². The molecule has 0 aliphatic rings. The summed E-state index contributed by atoms with van der Waals surface area (Å²) in [5.74, 6) is -2.45. The van der Waals surface area contributed by atoms with Crippen LogP contribution in [0.15, 0.2) is 41.3 Å². The van der Waals surface area contributed by atoms with Gasteiger partial charge in [0.2, 0.25) is 10.0 Å². The molecule has 2 aromatic carbocycles. The number of rotatable bonds is 4. The minimum atomic E-state index is -4.94. The molecule has 0 fully saturated rings. The van der Waals surface area contributed by atoms with Gasteiger partial charge < -0.3 is 5.32 Å². The summed E-state index contributed by atoms with van der Waals surface area (Å²) in [7, 11) is -2.69. The van der Waals surface area contributed by atoms with Crippen molar-refractivity contribution < 1.29 is 30.8 Å². The number of anilines is 1. The number of nitrogens with one attached hydrogen (secondary N) is 2. The monoisotopic (exact) mass is 410 g/mol. The smallest absolute Gasteiger partial charge is 0.322 e. The fourth-order valence-electron chi connectivity index (χ4n) is 1.98. The number of hydrogen-bond donors (Lipinski definition) is 2. The number of amides is 1. The molecule has 2 N–H and O–H groups in total. The van der Waals surface area contributed by atoms with Crippen LogP contribution in [0.5, 0.6) is 0 Å². The molecule has 11 heteroatoms. The molecule has 0 aliphatic carbocycles. The first-order chi connectivity index (χ1) is 12.0. The van der Waals surface area contributed by atoms with Crippen molar-refractivity contribution in [1.82, 2.24) is 4.72 Å². The van der Waals surface area contributed by atoms with Crippen molar-refractivity contribution in [2.75, 3.05) is 12.4 Å². The Morgan fingerprint density at radius 3 is 2.35 bits per heavy atom. The summed E-state index contributed by atoms with van der Waals surface area (Å²) in [4.78, 5) is 12.0. The average Bonchev–Trinajstić information content (AvgIpc) is 2.55. The van der Waals surface area contributed by atoms with Crippen LogP contribution in [0, 0.1) is 5.82 Å². The van der Waals surface area contributed by atoms with Crippen molar-refractivity contribution in [3.63, 3.8) is 0 Å². The summed E-state index contributed by atoms with van der Waals surface area (Å²) in [6.07, 6.45) is -4.94. The molecule has 0 radical (unpaired) electrons. The molecule has 0 aromatic heterocycles. The van der Waals surface area contributed by atoms with Crippen molar-refractivity contribution in [1.29, 1.82) is 0 Å². The zero-order valence-corrected chi connectivity index (χ0v) is 14.6. The second-order valence-corrected chi connectivity index (χ2v) is 7.29. The van der Waals surface area contributed by atoms with Gasteiger partial charge in [0.15, 0.2) is 0 Å². The summed E-state index contributed by atoms with van der Waals surface area (Å²) in [5.41, 5.74) is -2.16. The van der Waals surface area contributed by atoms with E-state index >= 15 is 0 Å². The summed E-state index contributed by atoms with van der Waals surface area (Å²) >= 11 is 5.86. The van der Waals surface area contributed by atoms with Gasteiger partial charge in [0.05, 0.1) is 21.0 Å². The van der Waals surface area contributed by atoms with Gasteiger partial charge in [-0.25, -0.2) is 17.5 Å². The van der Waals surface area contributed by atoms with Crippen LogP contribution in [-0.4, -0.2) is 21.4 Å². The topological polar surface area (TPSA) is 75.3 Å².